The lowest BCUT2D eigenvalue weighted by atomic mass is 10.0. The molecular weight excluding hydrogens is 344 g/mol. The van der Waals surface area contributed by atoms with E-state index in [-0.39, 0.29) is 17.7 Å². The van der Waals surface area contributed by atoms with Crippen molar-refractivity contribution in [3.05, 3.63) is 48.2 Å². The maximum Gasteiger partial charge on any atom is 0.251 e. The molecule has 1 unspecified atom stereocenters. The fourth-order valence-electron chi connectivity index (χ4n) is 2.45. The number of benzene rings is 1. The number of carbonyl (C=O) groups excluding carboxylic acids is 2. The number of anilines is 2. The Kier molecular flexibility index (Phi) is 6.76. The van der Waals surface area contributed by atoms with Crippen LogP contribution in [-0.2, 0) is 4.79 Å². The van der Waals surface area contributed by atoms with Crippen LogP contribution in [0.25, 0.3) is 0 Å². The monoisotopic (exact) mass is 370 g/mol. The molecule has 0 aliphatic rings. The smallest absolute Gasteiger partial charge is 0.251 e. The molecule has 1 heterocycles. The molecule has 0 saturated carbocycles. The van der Waals surface area contributed by atoms with E-state index in [4.69, 9.17) is 4.74 Å². The van der Waals surface area contributed by atoms with E-state index in [1.165, 1.54) is 0 Å². The van der Waals surface area contributed by atoms with Crippen molar-refractivity contribution in [2.75, 3.05) is 31.4 Å². The van der Waals surface area contributed by atoms with Crippen LogP contribution in [0.15, 0.2) is 42.6 Å². The van der Waals surface area contributed by atoms with Crippen molar-refractivity contribution in [2.24, 2.45) is 5.92 Å². The van der Waals surface area contributed by atoms with Gasteiger partial charge in [0.05, 0.1) is 19.0 Å². The standard InChI is InChI=1S/C20H26N4O3/c1-13(2)18(23-19(25)14-6-9-16(27-5)10-7-14)20(26)22-15-8-11-17(21-12-15)24(3)4/h6-13,18H,1-5H3,(H,22,26)(H,23,25). The number of nitrogens with one attached hydrogen (secondary N) is 2. The highest BCUT2D eigenvalue weighted by Gasteiger charge is 2.25. The largest absolute Gasteiger partial charge is 0.497 e. The van der Waals surface area contributed by atoms with Crippen LogP contribution in [0.1, 0.15) is 24.2 Å². The first kappa shape index (κ1) is 20.2. The minimum Gasteiger partial charge on any atom is -0.497 e. The number of ether oxygens (including phenoxy) is 1. The molecule has 2 rings (SSSR count). The summed E-state index contributed by atoms with van der Waals surface area (Å²) >= 11 is 0. The molecule has 0 fully saturated rings. The molecule has 144 valence electrons. The summed E-state index contributed by atoms with van der Waals surface area (Å²) in [5.74, 6) is 0.777. The average Bonchev–Trinajstić information content (AvgIpc) is 2.66. The first-order valence-corrected chi connectivity index (χ1v) is 8.71. The lowest BCUT2D eigenvalue weighted by Gasteiger charge is -2.22. The van der Waals surface area contributed by atoms with Crippen molar-refractivity contribution in [2.45, 2.75) is 19.9 Å². The highest BCUT2D eigenvalue weighted by molar-refractivity contribution is 6.01. The summed E-state index contributed by atoms with van der Waals surface area (Å²) in [6.45, 7) is 3.76. The lowest BCUT2D eigenvalue weighted by Crippen LogP contribution is -2.47. The van der Waals surface area contributed by atoms with Gasteiger partial charge in [-0.25, -0.2) is 4.98 Å². The van der Waals surface area contributed by atoms with Crippen molar-refractivity contribution >= 4 is 23.3 Å². The summed E-state index contributed by atoms with van der Waals surface area (Å²) < 4.78 is 5.09. The number of methoxy groups -OCH3 is 1. The highest BCUT2D eigenvalue weighted by atomic mass is 16.5. The van der Waals surface area contributed by atoms with Crippen LogP contribution in [0.3, 0.4) is 0 Å². The second-order valence-electron chi connectivity index (χ2n) is 6.71. The van der Waals surface area contributed by atoms with Crippen molar-refractivity contribution in [3.8, 4) is 5.75 Å². The van der Waals surface area contributed by atoms with E-state index in [2.05, 4.69) is 15.6 Å². The maximum absolute atomic E-state index is 12.7. The van der Waals surface area contributed by atoms with Gasteiger partial charge in [0.1, 0.15) is 17.6 Å². The molecule has 2 aromatic rings. The van der Waals surface area contributed by atoms with Gasteiger partial charge in [-0.1, -0.05) is 13.8 Å². The van der Waals surface area contributed by atoms with Gasteiger partial charge in [-0.15, -0.1) is 0 Å². The first-order chi connectivity index (χ1) is 12.8. The van der Waals surface area contributed by atoms with E-state index in [0.29, 0.717) is 17.0 Å². The molecule has 1 aromatic carbocycles. The number of pyridine rings is 1. The Labute approximate surface area is 159 Å². The topological polar surface area (TPSA) is 83.6 Å². The molecule has 7 nitrogen and oxygen atoms in total. The van der Waals surface area contributed by atoms with Crippen LogP contribution in [0, 0.1) is 5.92 Å². The van der Waals surface area contributed by atoms with Crippen LogP contribution in [-0.4, -0.2) is 44.0 Å². The fraction of sp³-hybridized carbons (Fsp3) is 0.350. The van der Waals surface area contributed by atoms with Crippen molar-refractivity contribution in [1.82, 2.24) is 10.3 Å². The van der Waals surface area contributed by atoms with Gasteiger partial charge < -0.3 is 20.3 Å². The van der Waals surface area contributed by atoms with Crippen LogP contribution in [0.2, 0.25) is 0 Å². The third kappa shape index (κ3) is 5.44. The van der Waals surface area contributed by atoms with Gasteiger partial charge in [0.25, 0.3) is 5.91 Å². The molecule has 0 spiro atoms. The van der Waals surface area contributed by atoms with Gasteiger partial charge in [0.15, 0.2) is 0 Å². The van der Waals surface area contributed by atoms with E-state index in [1.54, 1.807) is 43.6 Å². The second kappa shape index (κ2) is 9.02. The van der Waals surface area contributed by atoms with Crippen molar-refractivity contribution in [1.29, 1.82) is 0 Å². The molecule has 0 aliphatic heterocycles. The van der Waals surface area contributed by atoms with Crippen LogP contribution in [0.4, 0.5) is 11.5 Å². The quantitative estimate of drug-likeness (QED) is 0.783. The fourth-order valence-corrected chi connectivity index (χ4v) is 2.45. The maximum atomic E-state index is 12.7. The molecular formula is C20H26N4O3. The van der Waals surface area contributed by atoms with Crippen LogP contribution < -0.4 is 20.3 Å². The molecule has 0 bridgehead atoms. The summed E-state index contributed by atoms with van der Waals surface area (Å²) in [5, 5.41) is 5.61. The number of rotatable bonds is 7. The lowest BCUT2D eigenvalue weighted by molar-refractivity contribution is -0.118. The molecule has 27 heavy (non-hydrogen) atoms. The molecule has 0 radical (unpaired) electrons. The summed E-state index contributed by atoms with van der Waals surface area (Å²) in [7, 11) is 5.35. The highest BCUT2D eigenvalue weighted by Crippen LogP contribution is 2.15. The predicted molar refractivity (Wildman–Crippen MR) is 106 cm³/mol. The SMILES string of the molecule is COc1ccc(C(=O)NC(C(=O)Nc2ccc(N(C)C)nc2)C(C)C)cc1. The number of nitrogens with zero attached hydrogens (tertiary/aromatic N) is 2. The Bertz CT molecular complexity index is 771. The van der Waals surface area contributed by atoms with E-state index in [9.17, 15) is 9.59 Å². The van der Waals surface area contributed by atoms with Gasteiger partial charge in [0, 0.05) is 19.7 Å². The van der Waals surface area contributed by atoms with E-state index in [0.717, 1.165) is 5.82 Å². The number of hydrogen-bond donors (Lipinski definition) is 2. The van der Waals surface area contributed by atoms with Crippen molar-refractivity contribution in [3.63, 3.8) is 0 Å². The van der Waals surface area contributed by atoms with Gasteiger partial charge in [0.2, 0.25) is 5.91 Å². The third-order valence-corrected chi connectivity index (χ3v) is 4.06. The zero-order valence-corrected chi connectivity index (χ0v) is 16.3. The van der Waals surface area contributed by atoms with Crippen LogP contribution >= 0.6 is 0 Å². The van der Waals surface area contributed by atoms with E-state index < -0.39 is 6.04 Å². The minimum atomic E-state index is -0.673. The Morgan fingerprint density at radius 3 is 2.22 bits per heavy atom. The van der Waals surface area contributed by atoms with Crippen LogP contribution in [0.5, 0.6) is 5.75 Å². The molecule has 7 heteroatoms. The average molecular weight is 370 g/mol. The third-order valence-electron chi connectivity index (χ3n) is 4.06. The summed E-state index contributed by atoms with van der Waals surface area (Å²) in [6, 6.07) is 9.65. The molecule has 0 aliphatic carbocycles. The molecule has 2 amide bonds. The minimum absolute atomic E-state index is 0.0822. The van der Waals surface area contributed by atoms with Gasteiger partial charge in [-0.2, -0.15) is 0 Å². The van der Waals surface area contributed by atoms with E-state index in [1.807, 2.05) is 38.9 Å². The number of aromatic nitrogens is 1. The summed E-state index contributed by atoms with van der Waals surface area (Å²) in [6.07, 6.45) is 1.59. The summed E-state index contributed by atoms with van der Waals surface area (Å²) in [5.41, 5.74) is 1.04. The number of amides is 2. The number of carbonyl (C=O) groups is 2. The predicted octanol–water partition coefficient (Wildman–Crippen LogP) is 2.55. The zero-order chi connectivity index (χ0) is 20.0. The van der Waals surface area contributed by atoms with E-state index >= 15 is 0 Å². The second-order valence-corrected chi connectivity index (χ2v) is 6.71. The molecule has 2 N–H and O–H groups in total. The summed E-state index contributed by atoms with van der Waals surface area (Å²) in [4.78, 5) is 31.3. The normalized spacial score (nSPS) is 11.6. The van der Waals surface area contributed by atoms with Gasteiger partial charge in [-0.05, 0) is 42.3 Å². The Hall–Kier alpha value is -3.09. The van der Waals surface area contributed by atoms with Crippen molar-refractivity contribution < 1.29 is 14.3 Å². The first-order valence-electron chi connectivity index (χ1n) is 8.71. The van der Waals surface area contributed by atoms with Gasteiger partial charge in [-0.3, -0.25) is 9.59 Å². The molecule has 1 atom stereocenters. The molecule has 1 aromatic heterocycles. The Morgan fingerprint density at radius 2 is 1.74 bits per heavy atom. The molecule has 0 saturated heterocycles. The Morgan fingerprint density at radius 1 is 1.07 bits per heavy atom. The van der Waals surface area contributed by atoms with Gasteiger partial charge >= 0.3 is 0 Å². The zero-order valence-electron chi connectivity index (χ0n) is 16.3. The number of hydrogen-bond acceptors (Lipinski definition) is 5. The Balaban J connectivity index is 2.06.